The van der Waals surface area contributed by atoms with E-state index in [9.17, 15) is 9.59 Å². The van der Waals surface area contributed by atoms with E-state index in [1.54, 1.807) is 19.2 Å². The number of carbonyl (C=O) groups is 2. The molecule has 0 atom stereocenters. The van der Waals surface area contributed by atoms with Crippen LogP contribution < -0.4 is 5.32 Å². The van der Waals surface area contributed by atoms with Gasteiger partial charge in [-0.2, -0.15) is 0 Å². The molecule has 0 bridgehead atoms. The van der Waals surface area contributed by atoms with Gasteiger partial charge in [-0.05, 0) is 6.07 Å². The van der Waals surface area contributed by atoms with Crippen molar-refractivity contribution in [3.8, 4) is 10.6 Å². The van der Waals surface area contributed by atoms with Crippen LogP contribution in [-0.4, -0.2) is 66.7 Å². The molecule has 2 heterocycles. The largest absolute Gasteiger partial charge is 0.380 e. The van der Waals surface area contributed by atoms with Crippen LogP contribution in [0.2, 0.25) is 0 Å². The van der Waals surface area contributed by atoms with Crippen molar-refractivity contribution < 1.29 is 19.1 Å². The Bertz CT molecular complexity index is 1100. The van der Waals surface area contributed by atoms with E-state index in [0.717, 1.165) is 29.2 Å². The fourth-order valence-corrected chi connectivity index (χ4v) is 4.41. The first-order valence-corrected chi connectivity index (χ1v) is 11.6. The van der Waals surface area contributed by atoms with Crippen LogP contribution in [0.3, 0.4) is 0 Å². The topological polar surface area (TPSA) is 93.7 Å². The Kier molecular flexibility index (Phi) is 7.90. The van der Waals surface area contributed by atoms with Crippen molar-refractivity contribution in [2.45, 2.75) is 13.0 Å². The quantitative estimate of drug-likeness (QED) is 0.485. The summed E-state index contributed by atoms with van der Waals surface area (Å²) in [6.45, 7) is 3.32. The third kappa shape index (κ3) is 6.29. The van der Waals surface area contributed by atoms with Gasteiger partial charge in [0.15, 0.2) is 5.78 Å². The highest BCUT2D eigenvalue weighted by molar-refractivity contribution is 7.14. The number of ether oxygens (including phenoxy) is 2. The minimum absolute atomic E-state index is 0.0848. The molecule has 1 amide bonds. The summed E-state index contributed by atoms with van der Waals surface area (Å²) < 4.78 is 10.6. The maximum absolute atomic E-state index is 13.0. The molecule has 33 heavy (non-hydrogen) atoms. The molecule has 2 aromatic carbocycles. The highest BCUT2D eigenvalue weighted by Crippen LogP contribution is 2.25. The number of aromatic nitrogens is 2. The van der Waals surface area contributed by atoms with E-state index in [2.05, 4.69) is 15.5 Å². The maximum atomic E-state index is 13.0. The van der Waals surface area contributed by atoms with Gasteiger partial charge < -0.3 is 14.8 Å². The van der Waals surface area contributed by atoms with E-state index in [-0.39, 0.29) is 24.7 Å². The van der Waals surface area contributed by atoms with Gasteiger partial charge in [-0.3, -0.25) is 14.5 Å². The lowest BCUT2D eigenvalue weighted by Gasteiger charge is -2.26. The van der Waals surface area contributed by atoms with Gasteiger partial charge in [0.25, 0.3) is 0 Å². The number of nitrogens with zero attached hydrogens (tertiary/aromatic N) is 3. The minimum Gasteiger partial charge on any atom is -0.380 e. The number of hydrogen-bond donors (Lipinski definition) is 1. The Morgan fingerprint density at radius 2 is 1.91 bits per heavy atom. The van der Waals surface area contributed by atoms with Gasteiger partial charge in [-0.15, -0.1) is 10.2 Å². The van der Waals surface area contributed by atoms with Crippen molar-refractivity contribution in [2.75, 3.05) is 45.3 Å². The summed E-state index contributed by atoms with van der Waals surface area (Å²) in [7, 11) is 1.60. The lowest BCUT2D eigenvalue weighted by Crippen LogP contribution is -2.41. The lowest BCUT2D eigenvalue weighted by molar-refractivity contribution is -0.118. The fourth-order valence-electron chi connectivity index (χ4n) is 3.56. The van der Waals surface area contributed by atoms with Gasteiger partial charge in [0.05, 0.1) is 32.8 Å². The number of hydrogen-bond acceptors (Lipinski definition) is 8. The number of anilines is 1. The van der Waals surface area contributed by atoms with E-state index in [0.29, 0.717) is 36.1 Å². The Balaban J connectivity index is 1.45. The smallest absolute Gasteiger partial charge is 0.238 e. The minimum atomic E-state index is -0.129. The molecule has 0 radical (unpaired) electrons. The molecule has 0 aliphatic carbocycles. The predicted molar refractivity (Wildman–Crippen MR) is 126 cm³/mol. The SMILES string of the molecule is COCc1ccc(C(=O)Cc2nnc(-c3ccccc3)s2)cc1NC(=O)CN1CCOCC1. The van der Waals surface area contributed by atoms with E-state index in [1.165, 1.54) is 11.3 Å². The molecule has 1 aliphatic heterocycles. The number of ketones is 1. The third-order valence-corrected chi connectivity index (χ3v) is 6.25. The molecule has 1 N–H and O–H groups in total. The van der Waals surface area contributed by atoms with Gasteiger partial charge in [0, 0.05) is 42.6 Å². The van der Waals surface area contributed by atoms with Gasteiger partial charge in [0.2, 0.25) is 5.91 Å². The summed E-state index contributed by atoms with van der Waals surface area (Å²) in [4.78, 5) is 27.6. The first kappa shape index (κ1) is 23.2. The van der Waals surface area contributed by atoms with E-state index >= 15 is 0 Å². The molecular weight excluding hydrogens is 440 g/mol. The molecule has 172 valence electrons. The number of rotatable bonds is 9. The number of carbonyl (C=O) groups excluding carboxylic acids is 2. The average molecular weight is 467 g/mol. The first-order chi connectivity index (χ1) is 16.1. The lowest BCUT2D eigenvalue weighted by atomic mass is 10.0. The Labute approximate surface area is 196 Å². The molecule has 3 aromatic rings. The fraction of sp³-hybridized carbons (Fsp3) is 0.333. The molecule has 4 rings (SSSR count). The number of benzene rings is 2. The molecule has 0 saturated carbocycles. The van der Waals surface area contributed by atoms with Crippen LogP contribution in [0.1, 0.15) is 20.9 Å². The summed E-state index contributed by atoms with van der Waals surface area (Å²) in [5, 5.41) is 12.8. The number of Topliss-reactive ketones (excluding diaryl/α,β-unsaturated/α-hetero) is 1. The Morgan fingerprint density at radius 3 is 2.67 bits per heavy atom. The van der Waals surface area contributed by atoms with Crippen molar-refractivity contribution in [3.05, 3.63) is 64.7 Å². The van der Waals surface area contributed by atoms with Crippen LogP contribution in [0, 0.1) is 0 Å². The van der Waals surface area contributed by atoms with E-state index < -0.39 is 0 Å². The van der Waals surface area contributed by atoms with Crippen molar-refractivity contribution >= 4 is 28.7 Å². The monoisotopic (exact) mass is 466 g/mol. The molecule has 1 aliphatic rings. The van der Waals surface area contributed by atoms with Gasteiger partial charge in [-0.1, -0.05) is 53.8 Å². The maximum Gasteiger partial charge on any atom is 0.238 e. The highest BCUT2D eigenvalue weighted by atomic mass is 32.1. The number of amides is 1. The van der Waals surface area contributed by atoms with Crippen LogP contribution in [0.25, 0.3) is 10.6 Å². The second kappa shape index (κ2) is 11.2. The van der Waals surface area contributed by atoms with Crippen LogP contribution in [0.5, 0.6) is 0 Å². The van der Waals surface area contributed by atoms with Crippen LogP contribution in [0.4, 0.5) is 5.69 Å². The average Bonchev–Trinajstić information content (AvgIpc) is 3.30. The highest BCUT2D eigenvalue weighted by Gasteiger charge is 2.18. The number of methoxy groups -OCH3 is 1. The zero-order chi connectivity index (χ0) is 23.0. The van der Waals surface area contributed by atoms with Crippen LogP contribution in [0.15, 0.2) is 48.5 Å². The van der Waals surface area contributed by atoms with Crippen LogP contribution in [-0.2, 0) is 27.3 Å². The van der Waals surface area contributed by atoms with Gasteiger partial charge >= 0.3 is 0 Å². The van der Waals surface area contributed by atoms with Crippen molar-refractivity contribution in [3.63, 3.8) is 0 Å². The molecule has 8 nitrogen and oxygen atoms in total. The summed E-state index contributed by atoms with van der Waals surface area (Å²) in [5.41, 5.74) is 2.88. The summed E-state index contributed by atoms with van der Waals surface area (Å²) >= 11 is 1.41. The van der Waals surface area contributed by atoms with Gasteiger partial charge in [-0.25, -0.2) is 0 Å². The molecule has 0 unspecified atom stereocenters. The first-order valence-electron chi connectivity index (χ1n) is 10.7. The summed E-state index contributed by atoms with van der Waals surface area (Å²) in [6, 6.07) is 15.0. The van der Waals surface area contributed by atoms with Gasteiger partial charge in [0.1, 0.15) is 10.0 Å². The Hall–Kier alpha value is -2.98. The second-order valence-corrected chi connectivity index (χ2v) is 8.77. The third-order valence-electron chi connectivity index (χ3n) is 5.28. The number of morpholine rings is 1. The molecular formula is C24H26N4O4S. The second-order valence-electron chi connectivity index (χ2n) is 7.71. The zero-order valence-electron chi connectivity index (χ0n) is 18.5. The van der Waals surface area contributed by atoms with Crippen molar-refractivity contribution in [1.29, 1.82) is 0 Å². The van der Waals surface area contributed by atoms with Crippen LogP contribution >= 0.6 is 11.3 Å². The summed E-state index contributed by atoms with van der Waals surface area (Å²) in [6.07, 6.45) is 0.148. The molecule has 1 fully saturated rings. The molecule has 0 spiro atoms. The standard InChI is InChI=1S/C24H26N4O4S/c1-31-16-19-8-7-18(13-20(19)25-22(30)15-28-9-11-32-12-10-28)21(29)14-23-26-27-24(33-23)17-5-3-2-4-6-17/h2-8,13H,9-12,14-16H2,1H3,(H,25,30). The molecule has 1 aromatic heterocycles. The Morgan fingerprint density at radius 1 is 1.12 bits per heavy atom. The predicted octanol–water partition coefficient (Wildman–Crippen LogP) is 3.05. The zero-order valence-corrected chi connectivity index (χ0v) is 19.3. The number of nitrogens with one attached hydrogen (secondary N) is 1. The molecule has 1 saturated heterocycles. The van der Waals surface area contributed by atoms with E-state index in [4.69, 9.17) is 9.47 Å². The van der Waals surface area contributed by atoms with E-state index in [1.807, 2.05) is 41.3 Å². The normalized spacial score (nSPS) is 14.2. The van der Waals surface area contributed by atoms with Crippen molar-refractivity contribution in [1.82, 2.24) is 15.1 Å². The molecule has 9 heteroatoms. The van der Waals surface area contributed by atoms with Crippen molar-refractivity contribution in [2.24, 2.45) is 0 Å². The summed E-state index contributed by atoms with van der Waals surface area (Å²) in [5.74, 6) is -0.214.